The Balaban J connectivity index is 3.20. The first-order valence-electron chi connectivity index (χ1n) is 0.960. The molecule has 28 valence electrons. The summed E-state index contributed by atoms with van der Waals surface area (Å²) in [6.45, 7) is 2.90. The molecule has 0 saturated carbocycles. The maximum Gasteiger partial charge on any atom is 0.345 e. The molecule has 0 radical (unpaired) electrons. The Morgan fingerprint density at radius 3 is 2.20 bits per heavy atom. The highest BCUT2D eigenvalue weighted by molar-refractivity contribution is 7.40. The van der Waals surface area contributed by atoms with Crippen molar-refractivity contribution in [3.8, 4) is 0 Å². The van der Waals surface area contributed by atoms with Crippen LogP contribution in [0, 0.1) is 5.82 Å². The predicted octanol–water partition coefficient (Wildman–Crippen LogP) is 0.668. The molecule has 5 heavy (non-hydrogen) atoms. The smallest absolute Gasteiger partial charge is 0.235 e. The molecule has 0 aromatic heterocycles. The molecule has 0 aromatic carbocycles. The van der Waals surface area contributed by atoms with E-state index in [1.807, 2.05) is 5.82 Å². The van der Waals surface area contributed by atoms with Crippen LogP contribution in [0.15, 0.2) is 6.58 Å². The van der Waals surface area contributed by atoms with Crippen molar-refractivity contribution in [2.75, 3.05) is 0 Å². The first-order chi connectivity index (χ1) is 2.27. The maximum atomic E-state index is 9.34. The molecule has 0 heterocycles. The van der Waals surface area contributed by atoms with Gasteiger partial charge in [-0.1, -0.05) is 4.57 Å². The molecule has 1 unspecified atom stereocenters. The normalized spacial score (nSPS) is 10.2. The molecule has 3 heteroatoms. The van der Waals surface area contributed by atoms with Gasteiger partial charge in [0, 0.05) is 0 Å². The summed E-state index contributed by atoms with van der Waals surface area (Å²) < 4.78 is 9.34. The van der Waals surface area contributed by atoms with Gasteiger partial charge < -0.3 is 0 Å². The molecule has 1 N–H and O–H groups in total. The largest absolute Gasteiger partial charge is 0.345 e. The van der Waals surface area contributed by atoms with Crippen LogP contribution in [0.25, 0.3) is 0 Å². The van der Waals surface area contributed by atoms with Gasteiger partial charge in [0.05, 0.1) is 0 Å². The Hall–Kier alpha value is -0.200. The molecule has 0 amide bonds. The molecule has 0 spiro atoms. The lowest BCUT2D eigenvalue weighted by molar-refractivity contribution is 0.511. The number of hydrogen-bond donors (Lipinski definition) is 1. The summed E-state index contributed by atoms with van der Waals surface area (Å²) in [4.78, 5) is 7.70. The van der Waals surface area contributed by atoms with E-state index >= 15 is 0 Å². The van der Waals surface area contributed by atoms with Gasteiger partial charge in [-0.15, -0.1) is 0 Å². The van der Waals surface area contributed by atoms with Gasteiger partial charge in [0.25, 0.3) is 0 Å². The summed E-state index contributed by atoms with van der Waals surface area (Å²) in [5.74, 6) is 1.84. The second kappa shape index (κ2) is 2.06. The molecule has 1 atom stereocenters. The van der Waals surface area contributed by atoms with E-state index in [1.165, 1.54) is 0 Å². The summed E-state index contributed by atoms with van der Waals surface area (Å²) >= 11 is 0. The van der Waals surface area contributed by atoms with Crippen molar-refractivity contribution in [3.63, 3.8) is 0 Å². The fourth-order valence-corrected chi connectivity index (χ4v) is 0. The Bertz CT molecular complexity index is 58.7. The van der Waals surface area contributed by atoms with Crippen LogP contribution in [0.2, 0.25) is 0 Å². The van der Waals surface area contributed by atoms with E-state index in [0.717, 1.165) is 0 Å². The molecular formula is C2H3O2P. The molecule has 0 aromatic rings. The van der Waals surface area contributed by atoms with E-state index < -0.39 is 8.03 Å². The SMILES string of the molecule is C=[C-][P+](=O)O. The topological polar surface area (TPSA) is 37.3 Å². The highest BCUT2D eigenvalue weighted by Crippen LogP contribution is 2.08. The zero-order valence-corrected chi connectivity index (χ0v) is 3.40. The lowest BCUT2D eigenvalue weighted by Gasteiger charge is -1.61. The summed E-state index contributed by atoms with van der Waals surface area (Å²) in [6, 6.07) is 0. The van der Waals surface area contributed by atoms with Gasteiger partial charge in [-0.3, -0.25) is 0 Å². The predicted molar refractivity (Wildman–Crippen MR) is 18.7 cm³/mol. The zero-order valence-electron chi connectivity index (χ0n) is 2.51. The molecule has 0 aliphatic heterocycles. The van der Waals surface area contributed by atoms with E-state index in [2.05, 4.69) is 6.58 Å². The molecular weight excluding hydrogens is 87.0 g/mol. The van der Waals surface area contributed by atoms with Gasteiger partial charge in [-0.05, 0) is 0 Å². The quantitative estimate of drug-likeness (QED) is 0.379. The molecule has 0 bridgehead atoms. The average Bonchev–Trinajstić information content (AvgIpc) is 1.38. The second-order valence-electron chi connectivity index (χ2n) is 0.431. The number of hydrogen-bond acceptors (Lipinski definition) is 1. The van der Waals surface area contributed by atoms with Crippen LogP contribution >= 0.6 is 8.03 Å². The van der Waals surface area contributed by atoms with Crippen LogP contribution in [0.4, 0.5) is 0 Å². The van der Waals surface area contributed by atoms with E-state index in [1.54, 1.807) is 0 Å². The number of rotatable bonds is 1. The fraction of sp³-hybridized carbons (Fsp3) is 0. The standard InChI is InChI=1S/C2H3O2P/c1-2-5(3)4/h1H2,(H,3,4). The van der Waals surface area contributed by atoms with Gasteiger partial charge in [0.1, 0.15) is 0 Å². The lowest BCUT2D eigenvalue weighted by atomic mass is 11.3. The first kappa shape index (κ1) is 4.80. The zero-order chi connectivity index (χ0) is 4.28. The summed E-state index contributed by atoms with van der Waals surface area (Å²) in [5.41, 5.74) is 0. The Morgan fingerprint density at radius 1 is 2.00 bits per heavy atom. The molecule has 0 fully saturated rings. The Morgan fingerprint density at radius 2 is 2.20 bits per heavy atom. The van der Waals surface area contributed by atoms with Crippen LogP contribution in [-0.2, 0) is 4.57 Å². The van der Waals surface area contributed by atoms with Crippen molar-refractivity contribution in [1.29, 1.82) is 0 Å². The maximum absolute atomic E-state index is 9.34. The fourth-order valence-electron chi connectivity index (χ4n) is 0. The molecule has 0 aliphatic carbocycles. The Kier molecular flexibility index (Phi) is 1.98. The summed E-state index contributed by atoms with van der Waals surface area (Å²) in [5, 5.41) is 0. The van der Waals surface area contributed by atoms with Crippen molar-refractivity contribution >= 4 is 8.03 Å². The molecule has 2 nitrogen and oxygen atoms in total. The van der Waals surface area contributed by atoms with Crippen LogP contribution in [0.5, 0.6) is 0 Å². The molecule has 0 aliphatic rings. The highest BCUT2D eigenvalue weighted by Gasteiger charge is 1.74. The van der Waals surface area contributed by atoms with Gasteiger partial charge in [0.15, 0.2) is 0 Å². The highest BCUT2D eigenvalue weighted by atomic mass is 31.1. The van der Waals surface area contributed by atoms with Gasteiger partial charge >= 0.3 is 8.03 Å². The van der Waals surface area contributed by atoms with Crippen molar-refractivity contribution in [2.24, 2.45) is 0 Å². The van der Waals surface area contributed by atoms with Crippen molar-refractivity contribution in [3.05, 3.63) is 12.4 Å². The minimum atomic E-state index is -2.21. The first-order valence-corrected chi connectivity index (χ1v) is 2.17. The van der Waals surface area contributed by atoms with E-state index in [-0.39, 0.29) is 0 Å². The summed E-state index contributed by atoms with van der Waals surface area (Å²) in [6.07, 6.45) is 0. The van der Waals surface area contributed by atoms with Crippen molar-refractivity contribution < 1.29 is 9.46 Å². The van der Waals surface area contributed by atoms with Crippen LogP contribution in [-0.4, -0.2) is 4.89 Å². The van der Waals surface area contributed by atoms with Crippen LogP contribution in [0.3, 0.4) is 0 Å². The third kappa shape index (κ3) is 3.80. The van der Waals surface area contributed by atoms with E-state index in [0.29, 0.717) is 0 Å². The monoisotopic (exact) mass is 90.0 g/mol. The van der Waals surface area contributed by atoms with Crippen LogP contribution in [0.1, 0.15) is 0 Å². The third-order valence-electron chi connectivity index (χ3n) is 0.135. The second-order valence-corrected chi connectivity index (χ2v) is 1.29. The summed E-state index contributed by atoms with van der Waals surface area (Å²) in [7, 11) is -2.21. The molecule has 0 rings (SSSR count). The van der Waals surface area contributed by atoms with Crippen LogP contribution < -0.4 is 0 Å². The van der Waals surface area contributed by atoms with E-state index in [4.69, 9.17) is 4.89 Å². The van der Waals surface area contributed by atoms with Gasteiger partial charge in [0.2, 0.25) is 0 Å². The van der Waals surface area contributed by atoms with Crippen molar-refractivity contribution in [1.82, 2.24) is 0 Å². The third-order valence-corrected chi connectivity index (χ3v) is 0.406. The molecule has 0 saturated heterocycles. The van der Waals surface area contributed by atoms with Gasteiger partial charge in [-0.25, -0.2) is 6.58 Å². The lowest BCUT2D eigenvalue weighted by Crippen LogP contribution is -1.36. The van der Waals surface area contributed by atoms with E-state index in [9.17, 15) is 4.57 Å². The van der Waals surface area contributed by atoms with Crippen molar-refractivity contribution in [2.45, 2.75) is 0 Å². The van der Waals surface area contributed by atoms with Gasteiger partial charge in [-0.2, -0.15) is 10.7 Å². The Labute approximate surface area is 31.0 Å². The average molecular weight is 90.0 g/mol. The minimum absolute atomic E-state index is 1.84. The minimum Gasteiger partial charge on any atom is -0.235 e.